The average molecular weight is 298 g/mol. The van der Waals surface area contributed by atoms with Gasteiger partial charge in [0.1, 0.15) is 5.82 Å². The third-order valence-corrected chi connectivity index (χ3v) is 3.62. The van der Waals surface area contributed by atoms with Crippen molar-refractivity contribution in [2.75, 3.05) is 25.0 Å². The van der Waals surface area contributed by atoms with Crippen LogP contribution in [0.2, 0.25) is 0 Å². The molecule has 0 aliphatic carbocycles. The largest absolute Gasteiger partial charge is 0.359 e. The van der Waals surface area contributed by atoms with Gasteiger partial charge in [-0.15, -0.1) is 0 Å². The predicted molar refractivity (Wildman–Crippen MR) is 70.9 cm³/mol. The molecule has 1 amide bonds. The van der Waals surface area contributed by atoms with Gasteiger partial charge in [-0.3, -0.25) is 4.79 Å². The molecule has 0 radical (unpaired) electrons. The van der Waals surface area contributed by atoms with Gasteiger partial charge in [-0.25, -0.2) is 4.98 Å². The first-order chi connectivity index (χ1) is 8.20. The number of piperidine rings is 1. The van der Waals surface area contributed by atoms with Crippen molar-refractivity contribution in [2.24, 2.45) is 5.92 Å². The van der Waals surface area contributed by atoms with Crippen LogP contribution < -0.4 is 10.2 Å². The van der Waals surface area contributed by atoms with Crippen molar-refractivity contribution in [3.8, 4) is 0 Å². The molecule has 1 fully saturated rings. The minimum atomic E-state index is 0.159. The first kappa shape index (κ1) is 12.4. The molecule has 0 bridgehead atoms. The summed E-state index contributed by atoms with van der Waals surface area (Å²) in [7, 11) is 1.70. The Hall–Kier alpha value is -1.10. The molecule has 0 unspecified atom stereocenters. The Balaban J connectivity index is 1.95. The van der Waals surface area contributed by atoms with E-state index in [0.717, 1.165) is 36.2 Å². The van der Waals surface area contributed by atoms with E-state index in [-0.39, 0.29) is 11.8 Å². The van der Waals surface area contributed by atoms with Gasteiger partial charge in [-0.1, -0.05) is 0 Å². The molecule has 1 aliphatic rings. The number of hydrogen-bond donors (Lipinski definition) is 1. The molecule has 0 saturated carbocycles. The number of nitrogens with one attached hydrogen (secondary N) is 1. The SMILES string of the molecule is CNC(=O)C1CCN(c2ccc(Br)cn2)CC1. The van der Waals surface area contributed by atoms with Crippen LogP contribution in [0.25, 0.3) is 0 Å². The van der Waals surface area contributed by atoms with Crippen LogP contribution in [0.4, 0.5) is 5.82 Å². The lowest BCUT2D eigenvalue weighted by Gasteiger charge is -2.31. The highest BCUT2D eigenvalue weighted by atomic mass is 79.9. The minimum absolute atomic E-state index is 0.159. The number of anilines is 1. The number of halogens is 1. The van der Waals surface area contributed by atoms with Gasteiger partial charge in [0.25, 0.3) is 0 Å². The van der Waals surface area contributed by atoms with Crippen molar-refractivity contribution in [2.45, 2.75) is 12.8 Å². The predicted octanol–water partition coefficient (Wildman–Crippen LogP) is 1.81. The van der Waals surface area contributed by atoms with Crippen molar-refractivity contribution in [1.82, 2.24) is 10.3 Å². The monoisotopic (exact) mass is 297 g/mol. The molecule has 0 aromatic carbocycles. The molecule has 4 nitrogen and oxygen atoms in total. The Morgan fingerprint density at radius 1 is 1.47 bits per heavy atom. The number of carbonyl (C=O) groups excluding carboxylic acids is 1. The zero-order valence-corrected chi connectivity index (χ0v) is 11.4. The lowest BCUT2D eigenvalue weighted by Crippen LogP contribution is -2.39. The molecule has 0 atom stereocenters. The van der Waals surface area contributed by atoms with E-state index in [1.54, 1.807) is 13.2 Å². The fourth-order valence-corrected chi connectivity index (χ4v) is 2.36. The van der Waals surface area contributed by atoms with Gasteiger partial charge in [0.05, 0.1) is 0 Å². The van der Waals surface area contributed by atoms with Gasteiger partial charge in [-0.05, 0) is 40.9 Å². The van der Waals surface area contributed by atoms with Crippen molar-refractivity contribution in [3.63, 3.8) is 0 Å². The van der Waals surface area contributed by atoms with E-state index in [1.165, 1.54) is 0 Å². The molecule has 1 aromatic heterocycles. The highest BCUT2D eigenvalue weighted by molar-refractivity contribution is 9.10. The first-order valence-electron chi connectivity index (χ1n) is 5.79. The smallest absolute Gasteiger partial charge is 0.222 e. The molecule has 2 rings (SSSR count). The van der Waals surface area contributed by atoms with Crippen molar-refractivity contribution in [3.05, 3.63) is 22.8 Å². The van der Waals surface area contributed by atoms with E-state index >= 15 is 0 Å². The molecular weight excluding hydrogens is 282 g/mol. The van der Waals surface area contributed by atoms with Crippen molar-refractivity contribution in [1.29, 1.82) is 0 Å². The number of nitrogens with zero attached hydrogens (tertiary/aromatic N) is 2. The van der Waals surface area contributed by atoms with Crippen LogP contribution in [0.5, 0.6) is 0 Å². The Morgan fingerprint density at radius 2 is 2.18 bits per heavy atom. The second-order valence-electron chi connectivity index (χ2n) is 4.21. The molecule has 92 valence electrons. The first-order valence-corrected chi connectivity index (χ1v) is 6.58. The summed E-state index contributed by atoms with van der Waals surface area (Å²) in [4.78, 5) is 18.1. The van der Waals surface area contributed by atoms with Crippen LogP contribution in [0.15, 0.2) is 22.8 Å². The summed E-state index contributed by atoms with van der Waals surface area (Å²) >= 11 is 3.37. The summed E-state index contributed by atoms with van der Waals surface area (Å²) in [5, 5.41) is 2.72. The summed E-state index contributed by atoms with van der Waals surface area (Å²) in [6, 6.07) is 4.00. The topological polar surface area (TPSA) is 45.2 Å². The molecular formula is C12H16BrN3O. The van der Waals surface area contributed by atoms with E-state index in [9.17, 15) is 4.79 Å². The maximum atomic E-state index is 11.5. The van der Waals surface area contributed by atoms with E-state index in [2.05, 4.69) is 31.1 Å². The number of hydrogen-bond acceptors (Lipinski definition) is 3. The van der Waals surface area contributed by atoms with Gasteiger partial charge >= 0.3 is 0 Å². The molecule has 17 heavy (non-hydrogen) atoms. The number of amides is 1. The summed E-state index contributed by atoms with van der Waals surface area (Å²) in [6.07, 6.45) is 3.61. The highest BCUT2D eigenvalue weighted by Gasteiger charge is 2.24. The maximum absolute atomic E-state index is 11.5. The summed E-state index contributed by atoms with van der Waals surface area (Å²) in [6.45, 7) is 1.79. The standard InChI is InChI=1S/C12H16BrN3O/c1-14-12(17)9-4-6-16(7-5-9)11-3-2-10(13)8-15-11/h2-3,8-9H,4-7H2,1H3,(H,14,17). The maximum Gasteiger partial charge on any atom is 0.222 e. The zero-order valence-electron chi connectivity index (χ0n) is 9.82. The third kappa shape index (κ3) is 2.97. The second kappa shape index (κ2) is 5.49. The number of aromatic nitrogens is 1. The van der Waals surface area contributed by atoms with Crippen molar-refractivity contribution < 1.29 is 4.79 Å². The van der Waals surface area contributed by atoms with Gasteiger partial charge in [0.15, 0.2) is 0 Å². The number of rotatable bonds is 2. The van der Waals surface area contributed by atoms with Crippen LogP contribution in [0.1, 0.15) is 12.8 Å². The Morgan fingerprint density at radius 3 is 2.71 bits per heavy atom. The van der Waals surface area contributed by atoms with Gasteiger partial charge in [0, 0.05) is 36.7 Å². The van der Waals surface area contributed by atoms with E-state index in [4.69, 9.17) is 0 Å². The summed E-state index contributed by atoms with van der Waals surface area (Å²) in [5.41, 5.74) is 0. The van der Waals surface area contributed by atoms with Crippen LogP contribution >= 0.6 is 15.9 Å². The highest BCUT2D eigenvalue weighted by Crippen LogP contribution is 2.22. The van der Waals surface area contributed by atoms with E-state index < -0.39 is 0 Å². The quantitative estimate of drug-likeness (QED) is 0.905. The lowest BCUT2D eigenvalue weighted by molar-refractivity contribution is -0.125. The third-order valence-electron chi connectivity index (χ3n) is 3.15. The fourth-order valence-electron chi connectivity index (χ4n) is 2.13. The zero-order chi connectivity index (χ0) is 12.3. The van der Waals surface area contributed by atoms with Crippen LogP contribution in [-0.2, 0) is 4.79 Å². The Labute approximate surface area is 110 Å². The van der Waals surface area contributed by atoms with Gasteiger partial charge < -0.3 is 10.2 Å². The summed E-state index contributed by atoms with van der Waals surface area (Å²) < 4.78 is 0.987. The van der Waals surface area contributed by atoms with Gasteiger partial charge in [-0.2, -0.15) is 0 Å². The minimum Gasteiger partial charge on any atom is -0.359 e. The average Bonchev–Trinajstić information content (AvgIpc) is 2.39. The second-order valence-corrected chi connectivity index (χ2v) is 5.13. The molecule has 2 heterocycles. The van der Waals surface area contributed by atoms with Crippen molar-refractivity contribution >= 4 is 27.7 Å². The van der Waals surface area contributed by atoms with Gasteiger partial charge in [0.2, 0.25) is 5.91 Å². The Kier molecular flexibility index (Phi) is 3.99. The lowest BCUT2D eigenvalue weighted by atomic mass is 9.96. The summed E-state index contributed by atoms with van der Waals surface area (Å²) in [5.74, 6) is 1.31. The molecule has 5 heteroatoms. The van der Waals surface area contributed by atoms with E-state index in [0.29, 0.717) is 0 Å². The molecule has 0 spiro atoms. The molecule has 1 aromatic rings. The molecule has 1 saturated heterocycles. The fraction of sp³-hybridized carbons (Fsp3) is 0.500. The van der Waals surface area contributed by atoms with Crippen LogP contribution in [0.3, 0.4) is 0 Å². The number of pyridine rings is 1. The molecule has 1 N–H and O–H groups in total. The molecule has 1 aliphatic heterocycles. The normalized spacial score (nSPS) is 16.9. The number of carbonyl (C=O) groups is 1. The van der Waals surface area contributed by atoms with E-state index in [1.807, 2.05) is 12.1 Å². The van der Waals surface area contributed by atoms with Crippen LogP contribution in [-0.4, -0.2) is 31.0 Å². The van der Waals surface area contributed by atoms with Crippen LogP contribution in [0, 0.1) is 5.92 Å². The Bertz CT molecular complexity index is 385.